The number of nitrogens with zero attached hydrogens (tertiary/aromatic N) is 1. The van der Waals surface area contributed by atoms with E-state index in [1.165, 1.54) is 4.90 Å². The molecule has 1 aliphatic carbocycles. The van der Waals surface area contributed by atoms with Gasteiger partial charge in [-0.2, -0.15) is 0 Å². The Kier molecular flexibility index (Phi) is 8.13. The Labute approximate surface area is 202 Å². The predicted octanol–water partition coefficient (Wildman–Crippen LogP) is 2.11. The topological polar surface area (TPSA) is 122 Å². The predicted molar refractivity (Wildman–Crippen MR) is 130 cm³/mol. The molecule has 0 radical (unpaired) electrons. The van der Waals surface area contributed by atoms with Gasteiger partial charge in [-0.25, -0.2) is 0 Å². The summed E-state index contributed by atoms with van der Waals surface area (Å²) in [5, 5.41) is 5.91. The smallest absolute Gasteiger partial charge is 0.251 e. The van der Waals surface area contributed by atoms with Crippen LogP contribution >= 0.6 is 0 Å². The van der Waals surface area contributed by atoms with Crippen LogP contribution < -0.4 is 16.4 Å². The van der Waals surface area contributed by atoms with Crippen molar-refractivity contribution < 1.29 is 19.2 Å². The highest BCUT2D eigenvalue weighted by molar-refractivity contribution is 6.00. The molecule has 8 heteroatoms. The van der Waals surface area contributed by atoms with Gasteiger partial charge in [0, 0.05) is 37.2 Å². The Morgan fingerprint density at radius 2 is 1.76 bits per heavy atom. The van der Waals surface area contributed by atoms with Gasteiger partial charge < -0.3 is 16.4 Å². The highest BCUT2D eigenvalue weighted by atomic mass is 16.2. The second-order valence-corrected chi connectivity index (χ2v) is 10.6. The number of carbonyl (C=O) groups is 4. The second kappa shape index (κ2) is 10.7. The molecule has 1 aromatic carbocycles. The van der Waals surface area contributed by atoms with Crippen LogP contribution in [0.25, 0.3) is 0 Å². The van der Waals surface area contributed by atoms with E-state index in [0.717, 1.165) is 18.4 Å². The van der Waals surface area contributed by atoms with Crippen molar-refractivity contribution in [2.75, 3.05) is 13.1 Å². The molecular weight excluding hydrogens is 432 g/mol. The number of carbonyl (C=O) groups excluding carboxylic acids is 4. The summed E-state index contributed by atoms with van der Waals surface area (Å²) in [5.41, 5.74) is 7.57. The molecule has 1 aromatic rings. The molecule has 2 fully saturated rings. The van der Waals surface area contributed by atoms with Crippen molar-refractivity contribution in [3.05, 3.63) is 35.4 Å². The molecule has 1 saturated carbocycles. The molecule has 34 heavy (non-hydrogen) atoms. The third-order valence-corrected chi connectivity index (χ3v) is 7.09. The van der Waals surface area contributed by atoms with Crippen molar-refractivity contribution in [1.29, 1.82) is 0 Å². The fourth-order valence-electron chi connectivity index (χ4n) is 4.69. The van der Waals surface area contributed by atoms with Crippen LogP contribution in [0.5, 0.6) is 0 Å². The van der Waals surface area contributed by atoms with Crippen LogP contribution in [0.4, 0.5) is 0 Å². The molecule has 1 saturated heterocycles. The van der Waals surface area contributed by atoms with E-state index in [9.17, 15) is 19.2 Å². The first-order valence-corrected chi connectivity index (χ1v) is 12.3. The van der Waals surface area contributed by atoms with E-state index >= 15 is 0 Å². The van der Waals surface area contributed by atoms with E-state index in [4.69, 9.17) is 5.73 Å². The lowest BCUT2D eigenvalue weighted by Gasteiger charge is -2.38. The molecule has 3 rings (SSSR count). The van der Waals surface area contributed by atoms with Gasteiger partial charge >= 0.3 is 0 Å². The molecule has 186 valence electrons. The average molecular weight is 471 g/mol. The zero-order valence-corrected chi connectivity index (χ0v) is 20.7. The third-order valence-electron chi connectivity index (χ3n) is 7.09. The van der Waals surface area contributed by atoms with Gasteiger partial charge in [0.05, 0.1) is 11.8 Å². The summed E-state index contributed by atoms with van der Waals surface area (Å²) in [6.07, 6.45) is 3.54. The monoisotopic (exact) mass is 470 g/mol. The fraction of sp³-hybridized carbons (Fsp3) is 0.615. The maximum absolute atomic E-state index is 13.1. The summed E-state index contributed by atoms with van der Waals surface area (Å²) >= 11 is 0. The number of benzene rings is 1. The van der Waals surface area contributed by atoms with Gasteiger partial charge in [0.1, 0.15) is 0 Å². The number of hydrogen-bond donors (Lipinski definition) is 3. The van der Waals surface area contributed by atoms with Gasteiger partial charge in [-0.05, 0) is 42.9 Å². The minimum atomic E-state index is -0.638. The first kappa shape index (κ1) is 25.9. The van der Waals surface area contributed by atoms with Gasteiger partial charge in [0.15, 0.2) is 0 Å². The normalized spacial score (nSPS) is 22.4. The van der Waals surface area contributed by atoms with Gasteiger partial charge in [-0.1, -0.05) is 45.7 Å². The highest BCUT2D eigenvalue weighted by Crippen LogP contribution is 2.28. The number of nitrogens with two attached hydrogens (primary N) is 1. The molecule has 2 aliphatic rings. The molecule has 8 nitrogen and oxygen atoms in total. The van der Waals surface area contributed by atoms with Crippen LogP contribution in [-0.4, -0.2) is 53.7 Å². The molecule has 4 N–H and O–H groups in total. The standard InChI is InChI=1S/C26H38N4O4/c1-16(28-23(32)17-9-11-18(12-10-17)26(2,3)4)20(15-27)24(33)29-21-8-6-5-7-19(21)25(34)30-14-13-22(30)31/h9-12,16,19-21H,5-8,13-15,27H2,1-4H3,(H,28,32)(H,29,33)/t16-,19-,20?,21+/m0/s1. The summed E-state index contributed by atoms with van der Waals surface area (Å²) in [4.78, 5) is 51.7. The summed E-state index contributed by atoms with van der Waals surface area (Å²) in [6, 6.07) is 6.63. The first-order chi connectivity index (χ1) is 16.0. The van der Waals surface area contributed by atoms with Crippen LogP contribution in [0.1, 0.15) is 75.7 Å². The van der Waals surface area contributed by atoms with Crippen molar-refractivity contribution in [2.24, 2.45) is 17.6 Å². The van der Waals surface area contributed by atoms with Crippen LogP contribution in [-0.2, 0) is 19.8 Å². The van der Waals surface area contributed by atoms with Crippen molar-refractivity contribution in [3.8, 4) is 0 Å². The fourth-order valence-corrected chi connectivity index (χ4v) is 4.69. The number of amides is 4. The van der Waals surface area contributed by atoms with Crippen molar-refractivity contribution >= 4 is 23.6 Å². The number of likely N-dealkylation sites (tertiary alicyclic amines) is 1. The molecule has 4 amide bonds. The lowest BCUT2D eigenvalue weighted by Crippen LogP contribution is -2.57. The lowest BCUT2D eigenvalue weighted by atomic mass is 9.82. The molecule has 0 aromatic heterocycles. The van der Waals surface area contributed by atoms with Crippen LogP contribution in [0.2, 0.25) is 0 Å². The van der Waals surface area contributed by atoms with Crippen LogP contribution in [0.15, 0.2) is 24.3 Å². The molecule has 4 atom stereocenters. The van der Waals surface area contributed by atoms with Crippen LogP contribution in [0, 0.1) is 11.8 Å². The third kappa shape index (κ3) is 5.84. The van der Waals surface area contributed by atoms with E-state index < -0.39 is 17.9 Å². The van der Waals surface area contributed by atoms with Gasteiger partial charge in [-0.3, -0.25) is 24.1 Å². The number of nitrogens with one attached hydrogen (secondary N) is 2. The van der Waals surface area contributed by atoms with Crippen LogP contribution in [0.3, 0.4) is 0 Å². The van der Waals surface area contributed by atoms with Gasteiger partial charge in [-0.15, -0.1) is 0 Å². The summed E-state index contributed by atoms with van der Waals surface area (Å²) in [5.74, 6) is -1.91. The largest absolute Gasteiger partial charge is 0.352 e. The number of β-lactam (4-membered cyclic amide) rings is 1. The van der Waals surface area contributed by atoms with Gasteiger partial charge in [0.25, 0.3) is 5.91 Å². The minimum absolute atomic E-state index is 0.00761. The van der Waals surface area contributed by atoms with E-state index in [1.807, 2.05) is 12.1 Å². The zero-order chi connectivity index (χ0) is 25.0. The van der Waals surface area contributed by atoms with E-state index in [2.05, 4.69) is 31.4 Å². The van der Waals surface area contributed by atoms with Gasteiger partial charge in [0.2, 0.25) is 17.7 Å². The molecular formula is C26H38N4O4. The Hall–Kier alpha value is -2.74. The molecule has 0 bridgehead atoms. The molecule has 1 aliphatic heterocycles. The van der Waals surface area contributed by atoms with E-state index in [1.54, 1.807) is 19.1 Å². The van der Waals surface area contributed by atoms with Crippen molar-refractivity contribution in [2.45, 2.75) is 77.3 Å². The Balaban J connectivity index is 1.61. The average Bonchev–Trinajstić information content (AvgIpc) is 2.78. The maximum atomic E-state index is 13.1. The van der Waals surface area contributed by atoms with Crippen molar-refractivity contribution in [1.82, 2.24) is 15.5 Å². The highest BCUT2D eigenvalue weighted by Gasteiger charge is 2.40. The Bertz CT molecular complexity index is 922. The minimum Gasteiger partial charge on any atom is -0.352 e. The summed E-state index contributed by atoms with van der Waals surface area (Å²) < 4.78 is 0. The first-order valence-electron chi connectivity index (χ1n) is 12.3. The second-order valence-electron chi connectivity index (χ2n) is 10.6. The zero-order valence-electron chi connectivity index (χ0n) is 20.7. The maximum Gasteiger partial charge on any atom is 0.251 e. The van der Waals surface area contributed by atoms with E-state index in [-0.39, 0.29) is 41.6 Å². The Morgan fingerprint density at radius 3 is 2.29 bits per heavy atom. The number of rotatable bonds is 7. The SMILES string of the molecule is C[C@H](NC(=O)c1ccc(C(C)(C)C)cc1)C(CN)C(=O)N[C@@H]1CCCC[C@@H]1C(=O)N1CCC1=O. The number of imide groups is 1. The number of hydrogen-bond acceptors (Lipinski definition) is 5. The van der Waals surface area contributed by atoms with Crippen molar-refractivity contribution in [3.63, 3.8) is 0 Å². The Morgan fingerprint density at radius 1 is 1.12 bits per heavy atom. The quantitative estimate of drug-likeness (QED) is 0.416. The lowest BCUT2D eigenvalue weighted by molar-refractivity contribution is -0.156. The summed E-state index contributed by atoms with van der Waals surface area (Å²) in [7, 11) is 0. The molecule has 0 spiro atoms. The van der Waals surface area contributed by atoms with E-state index in [0.29, 0.717) is 31.4 Å². The molecule has 1 unspecified atom stereocenters. The molecule has 1 heterocycles. The summed E-state index contributed by atoms with van der Waals surface area (Å²) in [6.45, 7) is 8.62.